The zero-order valence-electron chi connectivity index (χ0n) is 15.0. The number of amidine groups is 1. The molecule has 0 spiro atoms. The molecule has 28 heavy (non-hydrogen) atoms. The largest absolute Gasteiger partial charge is 0.349 e. The quantitative estimate of drug-likeness (QED) is 0.353. The van der Waals surface area contributed by atoms with Gasteiger partial charge in [0.15, 0.2) is 5.84 Å². The lowest BCUT2D eigenvalue weighted by Crippen LogP contribution is -2.04. The monoisotopic (exact) mass is 406 g/mol. The third kappa shape index (κ3) is 3.15. The van der Waals surface area contributed by atoms with Crippen LogP contribution in [0.5, 0.6) is 0 Å². The fraction of sp³-hybridized carbons (Fsp3) is 0.0500. The van der Waals surface area contributed by atoms with Crippen LogP contribution in [0.1, 0.15) is 5.69 Å². The Morgan fingerprint density at radius 2 is 2.18 bits per heavy atom. The van der Waals surface area contributed by atoms with E-state index in [4.69, 9.17) is 16.6 Å². The van der Waals surface area contributed by atoms with E-state index in [1.165, 1.54) is 17.5 Å². The molecule has 6 nitrogen and oxygen atoms in total. The highest BCUT2D eigenvalue weighted by Crippen LogP contribution is 2.38. The molecule has 0 atom stereocenters. The Kier molecular flexibility index (Phi) is 4.85. The summed E-state index contributed by atoms with van der Waals surface area (Å²) >= 11 is 7.93. The van der Waals surface area contributed by atoms with E-state index in [0.717, 1.165) is 26.4 Å². The zero-order valence-corrected chi connectivity index (χ0v) is 16.6. The number of nitrogens with zero attached hydrogens (tertiary/aromatic N) is 6. The van der Waals surface area contributed by atoms with Crippen LogP contribution in [-0.2, 0) is 7.05 Å². The fourth-order valence-electron chi connectivity index (χ4n) is 2.93. The van der Waals surface area contributed by atoms with E-state index in [2.05, 4.69) is 33.2 Å². The minimum Gasteiger partial charge on any atom is -0.349 e. The van der Waals surface area contributed by atoms with Crippen molar-refractivity contribution in [3.05, 3.63) is 66.5 Å². The van der Waals surface area contributed by atoms with Gasteiger partial charge in [-0.2, -0.15) is 0 Å². The minimum absolute atomic E-state index is 0.395. The van der Waals surface area contributed by atoms with Gasteiger partial charge in [0.05, 0.1) is 16.1 Å². The normalized spacial score (nSPS) is 11.7. The molecular weight excluding hydrogens is 392 g/mol. The second kappa shape index (κ2) is 7.46. The summed E-state index contributed by atoms with van der Waals surface area (Å²) in [6.45, 7) is 7.27. The van der Waals surface area contributed by atoms with E-state index >= 15 is 0 Å². The Labute approximate surface area is 170 Å². The maximum atomic E-state index is 6.46. The Morgan fingerprint density at radius 3 is 2.89 bits per heavy atom. The second-order valence-electron chi connectivity index (χ2n) is 5.89. The fourth-order valence-corrected chi connectivity index (χ4v) is 4.19. The van der Waals surface area contributed by atoms with Gasteiger partial charge in [0, 0.05) is 42.8 Å². The van der Waals surface area contributed by atoms with Crippen LogP contribution in [0.4, 0.5) is 0 Å². The molecule has 0 aliphatic heterocycles. The van der Waals surface area contributed by atoms with E-state index < -0.39 is 0 Å². The van der Waals surface area contributed by atoms with Gasteiger partial charge >= 0.3 is 0 Å². The lowest BCUT2D eigenvalue weighted by atomic mass is 10.2. The van der Waals surface area contributed by atoms with E-state index in [-0.39, 0.29) is 0 Å². The minimum atomic E-state index is 0.395. The highest BCUT2D eigenvalue weighted by Gasteiger charge is 2.19. The van der Waals surface area contributed by atoms with Gasteiger partial charge in [-0.05, 0) is 31.0 Å². The molecule has 0 unspecified atom stereocenters. The summed E-state index contributed by atoms with van der Waals surface area (Å²) in [5, 5.41) is 2.17. The van der Waals surface area contributed by atoms with Crippen molar-refractivity contribution >= 4 is 46.4 Å². The van der Waals surface area contributed by atoms with Gasteiger partial charge < -0.3 is 4.57 Å². The lowest BCUT2D eigenvalue weighted by molar-refractivity contribution is 0.963. The molecule has 138 valence electrons. The number of pyridine rings is 2. The van der Waals surface area contributed by atoms with Crippen LogP contribution in [-0.4, -0.2) is 32.1 Å². The van der Waals surface area contributed by atoms with Crippen molar-refractivity contribution in [1.29, 1.82) is 0 Å². The molecule has 0 saturated carbocycles. The summed E-state index contributed by atoms with van der Waals surface area (Å²) in [5.41, 5.74) is 3.13. The van der Waals surface area contributed by atoms with Crippen molar-refractivity contribution in [3.8, 4) is 21.1 Å². The van der Waals surface area contributed by atoms with Crippen LogP contribution in [0.2, 0.25) is 5.15 Å². The average molecular weight is 407 g/mol. The first-order valence-electron chi connectivity index (χ1n) is 8.31. The Balaban J connectivity index is 1.93. The van der Waals surface area contributed by atoms with Crippen LogP contribution < -0.4 is 0 Å². The topological polar surface area (TPSA) is 68.3 Å². The third-order valence-electron chi connectivity index (χ3n) is 4.15. The summed E-state index contributed by atoms with van der Waals surface area (Å²) in [5.74, 6) is 0.400. The number of fused-ring (bicyclic) bond motifs is 1. The molecule has 4 heterocycles. The maximum Gasteiger partial charge on any atom is 0.179 e. The van der Waals surface area contributed by atoms with Crippen molar-refractivity contribution in [2.24, 2.45) is 17.0 Å². The average Bonchev–Trinajstić information content (AvgIpc) is 3.29. The Hall–Kier alpha value is -3.16. The highest BCUT2D eigenvalue weighted by molar-refractivity contribution is 7.19. The molecule has 0 aromatic carbocycles. The van der Waals surface area contributed by atoms with Crippen molar-refractivity contribution in [2.75, 3.05) is 0 Å². The molecule has 4 aromatic heterocycles. The SMILES string of the molecule is C=CN=C(N=C)c1nc(-c2sc(-c3cccnc3)nc2Cl)cc2ccn(C)c12. The molecule has 0 aliphatic rings. The molecule has 0 N–H and O–H groups in total. The van der Waals surface area contributed by atoms with Crippen molar-refractivity contribution in [3.63, 3.8) is 0 Å². The second-order valence-corrected chi connectivity index (χ2v) is 7.25. The summed E-state index contributed by atoms with van der Waals surface area (Å²) in [4.78, 5) is 22.5. The van der Waals surface area contributed by atoms with Crippen molar-refractivity contribution < 1.29 is 0 Å². The number of halogens is 1. The first-order valence-corrected chi connectivity index (χ1v) is 9.50. The first kappa shape index (κ1) is 18.2. The molecule has 0 fully saturated rings. The number of hydrogen-bond acceptors (Lipinski definition) is 5. The van der Waals surface area contributed by atoms with Gasteiger partial charge in [-0.25, -0.2) is 20.0 Å². The highest BCUT2D eigenvalue weighted by atomic mass is 35.5. The van der Waals surface area contributed by atoms with Crippen molar-refractivity contribution in [2.45, 2.75) is 0 Å². The molecular formula is C20H15ClN6S. The van der Waals surface area contributed by atoms with Gasteiger partial charge in [0.2, 0.25) is 0 Å². The molecule has 0 aliphatic carbocycles. The molecule has 4 aromatic rings. The van der Waals surface area contributed by atoms with Gasteiger partial charge in [-0.15, -0.1) is 11.3 Å². The number of aryl methyl sites for hydroxylation is 1. The van der Waals surface area contributed by atoms with E-state index in [1.54, 1.807) is 12.4 Å². The summed E-state index contributed by atoms with van der Waals surface area (Å²) < 4.78 is 1.97. The predicted molar refractivity (Wildman–Crippen MR) is 116 cm³/mol. The van der Waals surface area contributed by atoms with Gasteiger partial charge in [0.1, 0.15) is 15.9 Å². The van der Waals surface area contributed by atoms with Gasteiger partial charge in [-0.1, -0.05) is 18.2 Å². The summed E-state index contributed by atoms with van der Waals surface area (Å²) in [7, 11) is 1.95. The number of thiazole rings is 1. The number of rotatable bonds is 4. The van der Waals surface area contributed by atoms with E-state index in [1.807, 2.05) is 42.1 Å². The van der Waals surface area contributed by atoms with Crippen LogP contribution in [0, 0.1) is 0 Å². The molecule has 0 bridgehead atoms. The standard InChI is InChI=1S/C20H15ClN6S/c1-4-24-19(22-2)15-16-12(7-9-27(16)3)10-14(25-15)17-18(21)26-20(28-17)13-6-5-8-23-11-13/h4-11H,1-2H2,3H3. The van der Waals surface area contributed by atoms with Gasteiger partial charge in [-0.3, -0.25) is 4.98 Å². The number of aliphatic imine (C=N–C) groups is 2. The van der Waals surface area contributed by atoms with E-state index in [9.17, 15) is 0 Å². The zero-order chi connectivity index (χ0) is 19.7. The van der Waals surface area contributed by atoms with Crippen LogP contribution in [0.25, 0.3) is 32.0 Å². The number of hydrogen-bond donors (Lipinski definition) is 0. The van der Waals surface area contributed by atoms with E-state index in [0.29, 0.717) is 22.4 Å². The van der Waals surface area contributed by atoms with Crippen LogP contribution in [0.3, 0.4) is 0 Å². The van der Waals surface area contributed by atoms with Crippen LogP contribution in [0.15, 0.2) is 65.6 Å². The maximum absolute atomic E-state index is 6.46. The lowest BCUT2D eigenvalue weighted by Gasteiger charge is -2.07. The smallest absolute Gasteiger partial charge is 0.179 e. The summed E-state index contributed by atoms with van der Waals surface area (Å²) in [6, 6.07) is 7.81. The summed E-state index contributed by atoms with van der Waals surface area (Å²) in [6.07, 6.45) is 6.87. The first-order chi connectivity index (χ1) is 13.6. The Morgan fingerprint density at radius 1 is 1.32 bits per heavy atom. The molecule has 0 amide bonds. The Bertz CT molecular complexity index is 1220. The third-order valence-corrected chi connectivity index (χ3v) is 5.67. The molecule has 0 radical (unpaired) electrons. The van der Waals surface area contributed by atoms with Gasteiger partial charge in [0.25, 0.3) is 0 Å². The van der Waals surface area contributed by atoms with Crippen LogP contribution >= 0.6 is 22.9 Å². The molecule has 8 heteroatoms. The number of aromatic nitrogens is 4. The predicted octanol–water partition coefficient (Wildman–Crippen LogP) is 5.00. The molecule has 0 saturated heterocycles. The molecule has 4 rings (SSSR count). The van der Waals surface area contributed by atoms with Crippen molar-refractivity contribution in [1.82, 2.24) is 19.5 Å².